The van der Waals surface area contributed by atoms with E-state index in [4.69, 9.17) is 0 Å². The summed E-state index contributed by atoms with van der Waals surface area (Å²) in [6, 6.07) is 10.3. The summed E-state index contributed by atoms with van der Waals surface area (Å²) in [5.41, 5.74) is 2.23. The van der Waals surface area contributed by atoms with Crippen molar-refractivity contribution < 1.29 is 5.11 Å². The van der Waals surface area contributed by atoms with Crippen LogP contribution in [-0.4, -0.2) is 22.7 Å². The third kappa shape index (κ3) is 3.21. The van der Waals surface area contributed by atoms with E-state index >= 15 is 0 Å². The van der Waals surface area contributed by atoms with Gasteiger partial charge in [-0.3, -0.25) is 0 Å². The van der Waals surface area contributed by atoms with Gasteiger partial charge in [0.25, 0.3) is 0 Å². The van der Waals surface area contributed by atoms with E-state index in [-0.39, 0.29) is 6.10 Å². The average molecular weight is 274 g/mol. The van der Waals surface area contributed by atoms with E-state index in [0.29, 0.717) is 5.92 Å². The molecule has 19 heavy (non-hydrogen) atoms. The van der Waals surface area contributed by atoms with Crippen LogP contribution in [0.1, 0.15) is 17.8 Å². The van der Waals surface area contributed by atoms with Crippen LogP contribution in [-0.2, 0) is 6.54 Å². The molecule has 0 aliphatic heterocycles. The van der Waals surface area contributed by atoms with Crippen molar-refractivity contribution in [3.8, 4) is 11.3 Å². The molecule has 1 aliphatic rings. The summed E-state index contributed by atoms with van der Waals surface area (Å²) in [7, 11) is 0. The molecule has 3 nitrogen and oxygen atoms in total. The Morgan fingerprint density at radius 2 is 2.05 bits per heavy atom. The van der Waals surface area contributed by atoms with E-state index in [1.54, 1.807) is 11.3 Å². The minimum Gasteiger partial charge on any atom is -0.393 e. The smallest absolute Gasteiger partial charge is 0.107 e. The Hall–Kier alpha value is -1.23. The third-order valence-corrected chi connectivity index (χ3v) is 4.39. The second-order valence-corrected chi connectivity index (χ2v) is 6.06. The highest BCUT2D eigenvalue weighted by Gasteiger charge is 2.26. The van der Waals surface area contributed by atoms with Crippen LogP contribution in [0.3, 0.4) is 0 Å². The Labute approximate surface area is 117 Å². The molecule has 1 aromatic heterocycles. The number of aliphatic hydroxyl groups excluding tert-OH is 1. The standard InChI is InChI=1S/C15H18N2OS/c18-13-6-11(7-13)8-16-9-15-17-14(10-19-15)12-4-2-1-3-5-12/h1-5,10-11,13,16,18H,6-9H2. The van der Waals surface area contributed by atoms with Gasteiger partial charge >= 0.3 is 0 Å². The molecule has 0 unspecified atom stereocenters. The zero-order chi connectivity index (χ0) is 13.1. The van der Waals surface area contributed by atoms with Gasteiger partial charge < -0.3 is 10.4 Å². The van der Waals surface area contributed by atoms with Crippen LogP contribution in [0.25, 0.3) is 11.3 Å². The highest BCUT2D eigenvalue weighted by atomic mass is 32.1. The van der Waals surface area contributed by atoms with Crippen molar-refractivity contribution in [3.05, 3.63) is 40.7 Å². The number of aliphatic hydroxyl groups is 1. The summed E-state index contributed by atoms with van der Waals surface area (Å²) in [5.74, 6) is 0.642. The Morgan fingerprint density at radius 1 is 1.26 bits per heavy atom. The summed E-state index contributed by atoms with van der Waals surface area (Å²) < 4.78 is 0. The Bertz CT molecular complexity index is 520. The van der Waals surface area contributed by atoms with Crippen LogP contribution in [0.4, 0.5) is 0 Å². The predicted molar refractivity (Wildman–Crippen MR) is 78.0 cm³/mol. The number of hydrogen-bond acceptors (Lipinski definition) is 4. The van der Waals surface area contributed by atoms with Crippen molar-refractivity contribution in [1.82, 2.24) is 10.3 Å². The zero-order valence-corrected chi connectivity index (χ0v) is 11.6. The first-order valence-electron chi connectivity index (χ1n) is 6.70. The van der Waals surface area contributed by atoms with E-state index < -0.39 is 0 Å². The molecular formula is C15H18N2OS. The number of aromatic nitrogens is 1. The van der Waals surface area contributed by atoms with E-state index in [1.807, 2.05) is 18.2 Å². The molecule has 2 N–H and O–H groups in total. The molecule has 0 spiro atoms. The molecule has 0 bridgehead atoms. The van der Waals surface area contributed by atoms with Crippen molar-refractivity contribution in [2.24, 2.45) is 5.92 Å². The van der Waals surface area contributed by atoms with Crippen molar-refractivity contribution >= 4 is 11.3 Å². The minimum atomic E-state index is -0.0589. The van der Waals surface area contributed by atoms with Gasteiger partial charge in [0.15, 0.2) is 0 Å². The molecular weight excluding hydrogens is 256 g/mol. The van der Waals surface area contributed by atoms with Crippen LogP contribution in [0.5, 0.6) is 0 Å². The van der Waals surface area contributed by atoms with Crippen molar-refractivity contribution in [3.63, 3.8) is 0 Å². The van der Waals surface area contributed by atoms with E-state index in [2.05, 4.69) is 27.8 Å². The van der Waals surface area contributed by atoms with E-state index in [0.717, 1.165) is 36.6 Å². The Kier molecular flexibility index (Phi) is 3.92. The molecule has 1 heterocycles. The lowest BCUT2D eigenvalue weighted by Gasteiger charge is -2.31. The van der Waals surface area contributed by atoms with Crippen molar-refractivity contribution in [2.75, 3.05) is 6.54 Å². The van der Waals surface area contributed by atoms with Crippen LogP contribution in [0.2, 0.25) is 0 Å². The Balaban J connectivity index is 1.51. The van der Waals surface area contributed by atoms with Crippen molar-refractivity contribution in [1.29, 1.82) is 0 Å². The molecule has 1 saturated carbocycles. The number of hydrogen-bond donors (Lipinski definition) is 2. The molecule has 3 rings (SSSR count). The molecule has 4 heteroatoms. The van der Waals surface area contributed by atoms with E-state index in [9.17, 15) is 5.11 Å². The molecule has 0 radical (unpaired) electrons. The number of nitrogens with zero attached hydrogens (tertiary/aromatic N) is 1. The maximum atomic E-state index is 9.23. The topological polar surface area (TPSA) is 45.1 Å². The second kappa shape index (κ2) is 5.82. The highest BCUT2D eigenvalue weighted by Crippen LogP contribution is 2.26. The first kappa shape index (κ1) is 12.8. The van der Waals surface area contributed by atoms with Gasteiger partial charge in [-0.05, 0) is 25.3 Å². The Morgan fingerprint density at radius 3 is 2.79 bits per heavy atom. The fourth-order valence-electron chi connectivity index (χ4n) is 2.38. The quantitative estimate of drug-likeness (QED) is 0.881. The lowest BCUT2D eigenvalue weighted by Crippen LogP contribution is -2.35. The maximum absolute atomic E-state index is 9.23. The molecule has 100 valence electrons. The zero-order valence-electron chi connectivity index (χ0n) is 10.7. The van der Waals surface area contributed by atoms with Crippen LogP contribution >= 0.6 is 11.3 Å². The van der Waals surface area contributed by atoms with Gasteiger partial charge in [-0.1, -0.05) is 30.3 Å². The largest absolute Gasteiger partial charge is 0.393 e. The highest BCUT2D eigenvalue weighted by molar-refractivity contribution is 7.09. The number of nitrogens with one attached hydrogen (secondary N) is 1. The van der Waals surface area contributed by atoms with Crippen molar-refractivity contribution in [2.45, 2.75) is 25.5 Å². The summed E-state index contributed by atoms with van der Waals surface area (Å²) in [6.07, 6.45) is 1.83. The molecule has 2 aromatic rings. The van der Waals surface area contributed by atoms with Gasteiger partial charge in [-0.2, -0.15) is 0 Å². The first-order valence-corrected chi connectivity index (χ1v) is 7.58. The predicted octanol–water partition coefficient (Wildman–Crippen LogP) is 2.67. The molecule has 1 fully saturated rings. The van der Waals surface area contributed by atoms with Gasteiger partial charge in [0.2, 0.25) is 0 Å². The fourth-order valence-corrected chi connectivity index (χ4v) is 3.16. The maximum Gasteiger partial charge on any atom is 0.107 e. The number of benzene rings is 1. The summed E-state index contributed by atoms with van der Waals surface area (Å²) in [5, 5.41) is 15.9. The monoisotopic (exact) mass is 274 g/mol. The first-order chi connectivity index (χ1) is 9.31. The van der Waals surface area contributed by atoms with Crippen LogP contribution in [0.15, 0.2) is 35.7 Å². The molecule has 0 atom stereocenters. The summed E-state index contributed by atoms with van der Waals surface area (Å²) >= 11 is 1.70. The average Bonchev–Trinajstić information content (AvgIpc) is 2.86. The van der Waals surface area contributed by atoms with Gasteiger partial charge in [0.1, 0.15) is 5.01 Å². The van der Waals surface area contributed by atoms with Crippen LogP contribution in [0, 0.1) is 5.92 Å². The minimum absolute atomic E-state index is 0.0589. The van der Waals surface area contributed by atoms with E-state index in [1.165, 1.54) is 5.56 Å². The number of rotatable bonds is 5. The fraction of sp³-hybridized carbons (Fsp3) is 0.400. The lowest BCUT2D eigenvalue weighted by atomic mass is 9.82. The lowest BCUT2D eigenvalue weighted by molar-refractivity contribution is 0.0430. The van der Waals surface area contributed by atoms with Gasteiger partial charge in [0.05, 0.1) is 11.8 Å². The normalized spacial score (nSPS) is 22.2. The summed E-state index contributed by atoms with van der Waals surface area (Å²) in [4.78, 5) is 4.64. The van der Waals surface area contributed by atoms with Gasteiger partial charge in [-0.15, -0.1) is 11.3 Å². The van der Waals surface area contributed by atoms with Crippen LogP contribution < -0.4 is 5.32 Å². The molecule has 0 amide bonds. The van der Waals surface area contributed by atoms with Gasteiger partial charge in [0, 0.05) is 17.5 Å². The molecule has 0 saturated heterocycles. The van der Waals surface area contributed by atoms with Gasteiger partial charge in [-0.25, -0.2) is 4.98 Å². The molecule has 1 aliphatic carbocycles. The number of thiazole rings is 1. The second-order valence-electron chi connectivity index (χ2n) is 5.11. The molecule has 1 aromatic carbocycles. The summed E-state index contributed by atoms with van der Waals surface area (Å²) in [6.45, 7) is 1.81. The third-order valence-electron chi connectivity index (χ3n) is 3.54. The SMILES string of the molecule is OC1CC(CNCc2nc(-c3ccccc3)cs2)C1.